The normalized spacial score (nSPS) is 15.7. The highest BCUT2D eigenvalue weighted by molar-refractivity contribution is 5.77. The molecule has 144 valence electrons. The Kier molecular flexibility index (Phi) is 6.71. The molecule has 0 spiro atoms. The molecule has 0 aromatic heterocycles. The number of nitrogens with one attached hydrogen (secondary N) is 1. The van der Waals surface area contributed by atoms with Gasteiger partial charge in [0.15, 0.2) is 6.61 Å². The van der Waals surface area contributed by atoms with Crippen LogP contribution in [0.15, 0.2) is 54.6 Å². The van der Waals surface area contributed by atoms with E-state index >= 15 is 0 Å². The number of ether oxygens (including phenoxy) is 3. The summed E-state index contributed by atoms with van der Waals surface area (Å²) in [6.07, 6.45) is 1.80. The van der Waals surface area contributed by atoms with E-state index in [9.17, 15) is 4.79 Å². The molecule has 0 unspecified atom stereocenters. The van der Waals surface area contributed by atoms with Crippen molar-refractivity contribution in [2.24, 2.45) is 0 Å². The summed E-state index contributed by atoms with van der Waals surface area (Å²) in [4.78, 5) is 12.3. The van der Waals surface area contributed by atoms with Gasteiger partial charge >= 0.3 is 0 Å². The average molecular weight is 369 g/mol. The van der Waals surface area contributed by atoms with Gasteiger partial charge in [0, 0.05) is 25.2 Å². The number of carbonyl (C=O) groups is 1. The van der Waals surface area contributed by atoms with Gasteiger partial charge in [-0.05, 0) is 49.6 Å². The predicted molar refractivity (Wildman–Crippen MR) is 104 cm³/mol. The van der Waals surface area contributed by atoms with Gasteiger partial charge in [-0.1, -0.05) is 30.3 Å². The molecule has 1 aliphatic rings. The zero-order valence-corrected chi connectivity index (χ0v) is 15.8. The zero-order chi connectivity index (χ0) is 19.0. The van der Waals surface area contributed by atoms with Crippen LogP contribution >= 0.6 is 0 Å². The zero-order valence-electron chi connectivity index (χ0n) is 15.8. The second-order valence-electron chi connectivity index (χ2n) is 6.73. The van der Waals surface area contributed by atoms with Crippen LogP contribution in [0.1, 0.15) is 25.3 Å². The highest BCUT2D eigenvalue weighted by atomic mass is 16.5. The number of carbonyl (C=O) groups excluding carboxylic acids is 1. The lowest BCUT2D eigenvalue weighted by Crippen LogP contribution is -2.45. The summed E-state index contributed by atoms with van der Waals surface area (Å²) in [5.41, 5.74) is 1.18. The standard InChI is InChI=1S/C22H27NO4/c1-2-26-19-8-10-20(11-9-19)27-16-21(24)23-17-22(12-14-25-15-13-22)18-6-4-3-5-7-18/h3-11H,2,12-17H2,1H3,(H,23,24). The van der Waals surface area contributed by atoms with Gasteiger partial charge in [-0.2, -0.15) is 0 Å². The minimum atomic E-state index is -0.120. The summed E-state index contributed by atoms with van der Waals surface area (Å²) < 4.78 is 16.5. The van der Waals surface area contributed by atoms with E-state index in [1.54, 1.807) is 0 Å². The molecule has 0 bridgehead atoms. The number of hydrogen-bond acceptors (Lipinski definition) is 4. The van der Waals surface area contributed by atoms with E-state index in [1.807, 2.05) is 49.4 Å². The molecule has 1 heterocycles. The van der Waals surface area contributed by atoms with Gasteiger partial charge in [0.05, 0.1) is 6.61 Å². The Morgan fingerprint density at radius 1 is 1.00 bits per heavy atom. The van der Waals surface area contributed by atoms with E-state index in [-0.39, 0.29) is 17.9 Å². The fourth-order valence-corrected chi connectivity index (χ4v) is 3.39. The monoisotopic (exact) mass is 369 g/mol. The minimum Gasteiger partial charge on any atom is -0.494 e. The third-order valence-electron chi connectivity index (χ3n) is 4.96. The van der Waals surface area contributed by atoms with Crippen molar-refractivity contribution in [1.29, 1.82) is 0 Å². The topological polar surface area (TPSA) is 56.8 Å². The highest BCUT2D eigenvalue weighted by Gasteiger charge is 2.34. The van der Waals surface area contributed by atoms with E-state index in [1.165, 1.54) is 5.56 Å². The maximum absolute atomic E-state index is 12.3. The molecule has 2 aromatic rings. The van der Waals surface area contributed by atoms with Gasteiger partial charge in [-0.25, -0.2) is 0 Å². The second kappa shape index (κ2) is 9.42. The Morgan fingerprint density at radius 2 is 1.63 bits per heavy atom. The lowest BCUT2D eigenvalue weighted by molar-refractivity contribution is -0.123. The predicted octanol–water partition coefficient (Wildman–Crippen LogP) is 3.33. The van der Waals surface area contributed by atoms with Crippen molar-refractivity contribution in [3.8, 4) is 11.5 Å². The molecule has 1 aliphatic heterocycles. The van der Waals surface area contributed by atoms with Crippen LogP contribution in [0.25, 0.3) is 0 Å². The minimum absolute atomic E-state index is 0.00461. The fraction of sp³-hybridized carbons (Fsp3) is 0.409. The van der Waals surface area contributed by atoms with Crippen LogP contribution in [-0.2, 0) is 14.9 Å². The summed E-state index contributed by atoms with van der Waals surface area (Å²) in [6.45, 7) is 4.58. The number of amides is 1. The van der Waals surface area contributed by atoms with Crippen LogP contribution in [-0.4, -0.2) is 38.9 Å². The first-order valence-electron chi connectivity index (χ1n) is 9.47. The number of hydrogen-bond donors (Lipinski definition) is 1. The quantitative estimate of drug-likeness (QED) is 0.775. The Labute approximate surface area is 160 Å². The van der Waals surface area contributed by atoms with Gasteiger partial charge in [0.25, 0.3) is 5.91 Å². The first-order chi connectivity index (χ1) is 13.2. The molecular weight excluding hydrogens is 342 g/mol. The van der Waals surface area contributed by atoms with Crippen molar-refractivity contribution in [2.75, 3.05) is 33.0 Å². The molecule has 0 aliphatic carbocycles. The number of benzene rings is 2. The summed E-state index contributed by atoms with van der Waals surface area (Å²) in [5.74, 6) is 1.32. The Morgan fingerprint density at radius 3 is 2.26 bits per heavy atom. The maximum Gasteiger partial charge on any atom is 0.257 e. The second-order valence-corrected chi connectivity index (χ2v) is 6.73. The number of rotatable bonds is 8. The van der Waals surface area contributed by atoms with Crippen LogP contribution in [0.4, 0.5) is 0 Å². The van der Waals surface area contributed by atoms with Gasteiger partial charge in [0.1, 0.15) is 11.5 Å². The summed E-state index contributed by atoms with van der Waals surface area (Å²) in [7, 11) is 0. The highest BCUT2D eigenvalue weighted by Crippen LogP contribution is 2.34. The van der Waals surface area contributed by atoms with Crippen molar-refractivity contribution in [3.63, 3.8) is 0 Å². The van der Waals surface area contributed by atoms with Crippen molar-refractivity contribution in [3.05, 3.63) is 60.2 Å². The lowest BCUT2D eigenvalue weighted by Gasteiger charge is -2.38. The smallest absolute Gasteiger partial charge is 0.257 e. The van der Waals surface area contributed by atoms with Crippen LogP contribution in [0.3, 0.4) is 0 Å². The molecule has 0 radical (unpaired) electrons. The van der Waals surface area contributed by atoms with Crippen molar-refractivity contribution in [1.82, 2.24) is 5.32 Å². The SMILES string of the molecule is CCOc1ccc(OCC(=O)NCC2(c3ccccc3)CCOCC2)cc1. The van der Waals surface area contributed by atoms with E-state index in [0.29, 0.717) is 32.1 Å². The van der Waals surface area contributed by atoms with Gasteiger partial charge in [0.2, 0.25) is 0 Å². The van der Waals surface area contributed by atoms with E-state index < -0.39 is 0 Å². The summed E-state index contributed by atoms with van der Waals surface area (Å²) in [5, 5.41) is 3.05. The Hall–Kier alpha value is -2.53. The first kappa shape index (κ1) is 19.2. The average Bonchev–Trinajstić information content (AvgIpc) is 2.73. The third-order valence-corrected chi connectivity index (χ3v) is 4.96. The van der Waals surface area contributed by atoms with Crippen LogP contribution in [0.5, 0.6) is 11.5 Å². The molecule has 1 saturated heterocycles. The third kappa shape index (κ3) is 5.23. The fourth-order valence-electron chi connectivity index (χ4n) is 3.39. The molecule has 3 rings (SSSR count). The van der Waals surface area contributed by atoms with Gasteiger partial charge in [-0.3, -0.25) is 4.79 Å². The molecule has 5 heteroatoms. The largest absolute Gasteiger partial charge is 0.494 e. The Balaban J connectivity index is 1.53. The molecule has 27 heavy (non-hydrogen) atoms. The summed E-state index contributed by atoms with van der Waals surface area (Å²) in [6, 6.07) is 17.7. The van der Waals surface area contributed by atoms with Crippen LogP contribution in [0.2, 0.25) is 0 Å². The first-order valence-corrected chi connectivity index (χ1v) is 9.47. The van der Waals surface area contributed by atoms with Crippen LogP contribution < -0.4 is 14.8 Å². The molecule has 1 amide bonds. The van der Waals surface area contributed by atoms with Gasteiger partial charge < -0.3 is 19.5 Å². The molecule has 5 nitrogen and oxygen atoms in total. The molecule has 1 fully saturated rings. The van der Waals surface area contributed by atoms with E-state index in [0.717, 1.165) is 18.6 Å². The van der Waals surface area contributed by atoms with Crippen LogP contribution in [0, 0.1) is 0 Å². The van der Waals surface area contributed by atoms with E-state index in [2.05, 4.69) is 17.4 Å². The molecular formula is C22H27NO4. The lowest BCUT2D eigenvalue weighted by atomic mass is 9.74. The molecule has 0 saturated carbocycles. The van der Waals surface area contributed by atoms with Crippen molar-refractivity contribution in [2.45, 2.75) is 25.2 Å². The van der Waals surface area contributed by atoms with Crippen molar-refractivity contribution < 1.29 is 19.0 Å². The molecule has 2 aromatic carbocycles. The Bertz CT molecular complexity index is 709. The van der Waals surface area contributed by atoms with E-state index in [4.69, 9.17) is 14.2 Å². The molecule has 1 N–H and O–H groups in total. The summed E-state index contributed by atoms with van der Waals surface area (Å²) >= 11 is 0. The van der Waals surface area contributed by atoms with Crippen molar-refractivity contribution >= 4 is 5.91 Å². The molecule has 0 atom stereocenters. The maximum atomic E-state index is 12.3. The van der Waals surface area contributed by atoms with Gasteiger partial charge in [-0.15, -0.1) is 0 Å².